The Bertz CT molecular complexity index is 1590. The van der Waals surface area contributed by atoms with Gasteiger partial charge >= 0.3 is 0 Å². The molecule has 3 aliphatic rings. The maximum absolute atomic E-state index is 14.3. The molecule has 1 aromatic heterocycles. The lowest BCUT2D eigenvalue weighted by Crippen LogP contribution is -2.46. The van der Waals surface area contributed by atoms with Crippen molar-refractivity contribution in [1.82, 2.24) is 25.8 Å². The van der Waals surface area contributed by atoms with Crippen molar-refractivity contribution in [3.63, 3.8) is 0 Å². The largest absolute Gasteiger partial charge is 0.438 e. The molecule has 9 nitrogen and oxygen atoms in total. The van der Waals surface area contributed by atoms with E-state index in [2.05, 4.69) is 55.1 Å². The van der Waals surface area contributed by atoms with Crippen LogP contribution in [0.15, 0.2) is 65.8 Å². The summed E-state index contributed by atoms with van der Waals surface area (Å²) in [5, 5.41) is 10.6. The number of carbonyl (C=O) groups is 2. The molecule has 3 N–H and O–H groups in total. The molecule has 48 heavy (non-hydrogen) atoms. The number of halogens is 1. The second-order valence-electron chi connectivity index (χ2n) is 12.9. The van der Waals surface area contributed by atoms with Gasteiger partial charge in [0.1, 0.15) is 23.2 Å². The maximum atomic E-state index is 14.3. The molecular weight excluding hydrogens is 628 g/mol. The van der Waals surface area contributed by atoms with Crippen molar-refractivity contribution in [2.75, 3.05) is 38.5 Å². The molecule has 2 aliphatic heterocycles. The smallest absolute Gasteiger partial charge is 0.257 e. The highest BCUT2D eigenvalue weighted by Crippen LogP contribution is 2.29. The number of nitrogens with zero attached hydrogens (tertiary/aromatic N) is 3. The molecule has 1 saturated carbocycles. The van der Waals surface area contributed by atoms with Crippen molar-refractivity contribution >= 4 is 28.6 Å². The van der Waals surface area contributed by atoms with Crippen LogP contribution in [0.4, 0.5) is 4.39 Å². The monoisotopic (exact) mass is 672 g/mol. The van der Waals surface area contributed by atoms with Gasteiger partial charge in [-0.05, 0) is 106 Å². The van der Waals surface area contributed by atoms with Crippen LogP contribution in [0.2, 0.25) is 0 Å². The van der Waals surface area contributed by atoms with Gasteiger partial charge in [0.05, 0.1) is 11.2 Å². The molecule has 2 aromatic carbocycles. The average Bonchev–Trinajstić information content (AvgIpc) is 3.37. The number of thioether (sulfide) groups is 1. The fourth-order valence-electron chi connectivity index (χ4n) is 6.59. The van der Waals surface area contributed by atoms with E-state index in [0.717, 1.165) is 80.3 Å². The summed E-state index contributed by atoms with van der Waals surface area (Å²) in [5.41, 5.74) is 3.39. The fourth-order valence-corrected chi connectivity index (χ4v) is 7.41. The summed E-state index contributed by atoms with van der Waals surface area (Å²) >= 11 is 1.61. The van der Waals surface area contributed by atoms with E-state index in [9.17, 15) is 14.0 Å². The first-order valence-corrected chi connectivity index (χ1v) is 18.1. The van der Waals surface area contributed by atoms with E-state index in [1.54, 1.807) is 17.8 Å². The summed E-state index contributed by atoms with van der Waals surface area (Å²) in [5.74, 6) is 0.161. The molecule has 2 amide bonds. The van der Waals surface area contributed by atoms with Crippen molar-refractivity contribution < 1.29 is 18.7 Å². The molecule has 0 spiro atoms. The number of hydrogen-bond acceptors (Lipinski definition) is 8. The molecule has 1 aliphatic carbocycles. The first-order valence-electron chi connectivity index (χ1n) is 17.1. The van der Waals surface area contributed by atoms with Crippen LogP contribution in [0.5, 0.6) is 11.6 Å². The molecule has 2 fully saturated rings. The van der Waals surface area contributed by atoms with Crippen LogP contribution in [-0.4, -0.2) is 83.3 Å². The molecule has 0 bridgehead atoms. The Morgan fingerprint density at radius 1 is 1.00 bits per heavy atom. The van der Waals surface area contributed by atoms with Crippen molar-refractivity contribution in [3.8, 4) is 22.8 Å². The van der Waals surface area contributed by atoms with Crippen molar-refractivity contribution in [3.05, 3.63) is 77.7 Å². The number of aliphatic imine (C=N–C) groups is 1. The third-order valence-electron chi connectivity index (χ3n) is 9.27. The van der Waals surface area contributed by atoms with Crippen molar-refractivity contribution in [1.29, 1.82) is 0 Å². The van der Waals surface area contributed by atoms with E-state index in [1.165, 1.54) is 18.5 Å². The van der Waals surface area contributed by atoms with E-state index < -0.39 is 11.7 Å². The minimum Gasteiger partial charge on any atom is -0.438 e. The van der Waals surface area contributed by atoms with Crippen LogP contribution in [0.3, 0.4) is 0 Å². The zero-order chi connectivity index (χ0) is 33.3. The number of hydrogen-bond donors (Lipinski definition) is 3. The quantitative estimate of drug-likeness (QED) is 0.244. The summed E-state index contributed by atoms with van der Waals surface area (Å²) in [6, 6.07) is 17.0. The summed E-state index contributed by atoms with van der Waals surface area (Å²) in [6.07, 6.45) is 7.34. The van der Waals surface area contributed by atoms with E-state index in [1.807, 2.05) is 25.1 Å². The summed E-state index contributed by atoms with van der Waals surface area (Å²) in [6.45, 7) is 7.52. The number of ether oxygens (including phenoxy) is 1. The summed E-state index contributed by atoms with van der Waals surface area (Å²) in [7, 11) is 0. The Morgan fingerprint density at radius 3 is 2.56 bits per heavy atom. The number of amides is 2. The predicted molar refractivity (Wildman–Crippen MR) is 189 cm³/mol. The highest BCUT2D eigenvalue weighted by molar-refractivity contribution is 8.14. The molecule has 1 unspecified atom stereocenters. The van der Waals surface area contributed by atoms with E-state index in [0.29, 0.717) is 24.3 Å². The topological polar surface area (TPSA) is 108 Å². The summed E-state index contributed by atoms with van der Waals surface area (Å²) < 4.78 is 20.4. The lowest BCUT2D eigenvalue weighted by molar-refractivity contribution is -0.122. The molecule has 3 heterocycles. The molecule has 11 heteroatoms. The van der Waals surface area contributed by atoms with Gasteiger partial charge in [-0.1, -0.05) is 36.4 Å². The maximum Gasteiger partial charge on any atom is 0.257 e. The minimum absolute atomic E-state index is 0.0346. The Morgan fingerprint density at radius 2 is 1.79 bits per heavy atom. The number of nitrogens with one attached hydrogen (secondary N) is 3. The first-order chi connectivity index (χ1) is 23.4. The Hall–Kier alpha value is -3.80. The van der Waals surface area contributed by atoms with Gasteiger partial charge in [-0.25, -0.2) is 9.37 Å². The highest BCUT2D eigenvalue weighted by atomic mass is 32.2. The molecular formula is C37H45FN6O3S. The number of pyridine rings is 1. The van der Waals surface area contributed by atoms with Gasteiger partial charge in [0.2, 0.25) is 11.8 Å². The second-order valence-corrected chi connectivity index (χ2v) is 14.1. The predicted octanol–water partition coefficient (Wildman–Crippen LogP) is 5.60. The fraction of sp³-hybridized carbons (Fsp3) is 0.459. The van der Waals surface area contributed by atoms with Gasteiger partial charge in [0, 0.05) is 30.9 Å². The van der Waals surface area contributed by atoms with Crippen LogP contribution in [0, 0.1) is 5.82 Å². The normalized spacial score (nSPS) is 21.6. The van der Waals surface area contributed by atoms with Gasteiger partial charge in [0.25, 0.3) is 5.91 Å². The summed E-state index contributed by atoms with van der Waals surface area (Å²) in [4.78, 5) is 37.0. The molecule has 6 rings (SSSR count). The van der Waals surface area contributed by atoms with Crippen LogP contribution in [-0.2, 0) is 11.2 Å². The molecule has 1 saturated heterocycles. The molecule has 0 radical (unpaired) electrons. The third kappa shape index (κ3) is 9.42. The van der Waals surface area contributed by atoms with Gasteiger partial charge in [-0.15, -0.1) is 11.8 Å². The molecule has 254 valence electrons. The number of carbonyl (C=O) groups excluding carboxylic acids is 2. The van der Waals surface area contributed by atoms with Gasteiger partial charge in [0.15, 0.2) is 0 Å². The van der Waals surface area contributed by atoms with Crippen LogP contribution in [0.1, 0.15) is 61.4 Å². The van der Waals surface area contributed by atoms with Gasteiger partial charge in [-0.3, -0.25) is 14.6 Å². The number of aryl methyl sites for hydroxylation is 1. The Balaban J connectivity index is 1.02. The van der Waals surface area contributed by atoms with E-state index in [-0.39, 0.29) is 35.5 Å². The minimum atomic E-state index is -0.612. The number of rotatable bonds is 11. The number of aromatic nitrogens is 1. The molecule has 1 atom stereocenters. The highest BCUT2D eigenvalue weighted by Gasteiger charge is 2.29. The van der Waals surface area contributed by atoms with Gasteiger partial charge < -0.3 is 25.6 Å². The standard InChI is InChI=1S/C37H45FN6O3S/c1-25-41-34(24-48-25)36(46)43-31-14-12-30(13-15-31)42-35(45)33-22-29(38)23-40-37(33)47-32-7-2-6-28(21-32)27-10-8-26(9-11-27)5-3-18-44-19-4-16-39-17-20-44/h2,6-11,21-23,30-31,34,39H,3-5,12-20,24H2,1H3,(H,42,45)(H,43,46)/t30-,31+,34?. The lowest BCUT2D eigenvalue weighted by Gasteiger charge is -2.30. The zero-order valence-electron chi connectivity index (χ0n) is 27.6. The lowest BCUT2D eigenvalue weighted by atomic mass is 9.90. The molecule has 3 aromatic rings. The van der Waals surface area contributed by atoms with E-state index in [4.69, 9.17) is 4.74 Å². The van der Waals surface area contributed by atoms with Crippen LogP contribution < -0.4 is 20.7 Å². The Labute approximate surface area is 286 Å². The van der Waals surface area contributed by atoms with Crippen molar-refractivity contribution in [2.24, 2.45) is 4.99 Å². The SMILES string of the molecule is CC1=NC(C(=O)N[C@H]2CC[C@@H](NC(=O)c3cc(F)cnc3Oc3cccc(-c4ccc(CCCN5CCCNCC5)cc4)c3)CC2)CS1. The number of benzene rings is 2. The average molecular weight is 673 g/mol. The van der Waals surface area contributed by atoms with Crippen molar-refractivity contribution in [2.45, 2.75) is 70.0 Å². The van der Waals surface area contributed by atoms with Crippen LogP contribution in [0.25, 0.3) is 11.1 Å². The zero-order valence-corrected chi connectivity index (χ0v) is 28.4. The third-order valence-corrected chi connectivity index (χ3v) is 10.3. The Kier molecular flexibility index (Phi) is 11.7. The van der Waals surface area contributed by atoms with E-state index >= 15 is 0 Å². The van der Waals surface area contributed by atoms with Crippen LogP contribution >= 0.6 is 11.8 Å². The van der Waals surface area contributed by atoms with Gasteiger partial charge in [-0.2, -0.15) is 0 Å². The second kappa shape index (κ2) is 16.5. The first kappa shape index (κ1) is 34.1.